The van der Waals surface area contributed by atoms with E-state index in [1.54, 1.807) is 24.3 Å². The number of allylic oxidation sites excluding steroid dienone is 2. The van der Waals surface area contributed by atoms with Crippen molar-refractivity contribution in [3.8, 4) is 5.75 Å². The van der Waals surface area contributed by atoms with E-state index in [1.165, 1.54) is 4.57 Å². The minimum Gasteiger partial charge on any atom is -0.508 e. The Balaban J connectivity index is 1.77. The van der Waals surface area contributed by atoms with Gasteiger partial charge >= 0.3 is 5.69 Å². The molecule has 1 aliphatic carbocycles. The quantitative estimate of drug-likeness (QED) is 0.575. The van der Waals surface area contributed by atoms with Gasteiger partial charge in [0.15, 0.2) is 5.78 Å². The number of phenolic OH excluding ortho intramolecular Hbond substituents is 1. The van der Waals surface area contributed by atoms with Crippen molar-refractivity contribution >= 4 is 11.6 Å². The van der Waals surface area contributed by atoms with Crippen molar-refractivity contribution in [2.24, 2.45) is 5.41 Å². The van der Waals surface area contributed by atoms with Crippen molar-refractivity contribution in [3.63, 3.8) is 0 Å². The fourth-order valence-electron chi connectivity index (χ4n) is 4.97. The Morgan fingerprint density at radius 2 is 1.70 bits per heavy atom. The SMILES string of the molecule is CC1(C)CC(=O)C2=C(C1)Nc1c(c(=O)[nH]c(=O)n1Cc1ccccc1)C2c1ccc(O)cc1. The van der Waals surface area contributed by atoms with Crippen molar-refractivity contribution in [1.29, 1.82) is 0 Å². The van der Waals surface area contributed by atoms with Crippen molar-refractivity contribution in [2.45, 2.75) is 39.2 Å². The number of aromatic hydroxyl groups is 1. The van der Waals surface area contributed by atoms with Gasteiger partial charge < -0.3 is 10.4 Å². The number of carbonyl (C=O) groups excluding carboxylic acids is 1. The second-order valence-corrected chi connectivity index (χ2v) is 9.58. The van der Waals surface area contributed by atoms with Crippen LogP contribution >= 0.6 is 0 Å². The molecule has 2 heterocycles. The summed E-state index contributed by atoms with van der Waals surface area (Å²) in [7, 11) is 0. The van der Waals surface area contributed by atoms with E-state index in [2.05, 4.69) is 10.3 Å². The number of nitrogens with zero attached hydrogens (tertiary/aromatic N) is 1. The molecule has 1 aliphatic heterocycles. The second kappa shape index (κ2) is 7.62. The molecule has 0 radical (unpaired) electrons. The molecular formula is C26H25N3O4. The van der Waals surface area contributed by atoms with E-state index in [4.69, 9.17) is 0 Å². The number of aromatic nitrogens is 2. The fourth-order valence-corrected chi connectivity index (χ4v) is 4.97. The van der Waals surface area contributed by atoms with Crippen LogP contribution in [-0.4, -0.2) is 20.4 Å². The van der Waals surface area contributed by atoms with E-state index < -0.39 is 17.2 Å². The average molecular weight is 444 g/mol. The number of hydrogen-bond donors (Lipinski definition) is 3. The van der Waals surface area contributed by atoms with Crippen LogP contribution in [0.25, 0.3) is 0 Å². The number of H-pyrrole nitrogens is 1. The number of ketones is 1. The Morgan fingerprint density at radius 3 is 2.39 bits per heavy atom. The molecule has 3 aromatic rings. The van der Waals surface area contributed by atoms with Crippen LogP contribution < -0.4 is 16.6 Å². The third kappa shape index (κ3) is 3.69. The Morgan fingerprint density at radius 1 is 1.00 bits per heavy atom. The molecular weight excluding hydrogens is 418 g/mol. The zero-order valence-corrected chi connectivity index (χ0v) is 18.5. The number of nitrogens with one attached hydrogen (secondary N) is 2. The highest BCUT2D eigenvalue weighted by molar-refractivity contribution is 6.01. The lowest BCUT2D eigenvalue weighted by Crippen LogP contribution is -2.42. The number of phenols is 1. The Bertz CT molecular complexity index is 1400. The molecule has 7 heteroatoms. The molecule has 0 bridgehead atoms. The molecule has 1 aromatic heterocycles. The van der Waals surface area contributed by atoms with Crippen LogP contribution in [0.3, 0.4) is 0 Å². The zero-order valence-electron chi connectivity index (χ0n) is 18.5. The van der Waals surface area contributed by atoms with Crippen molar-refractivity contribution in [2.75, 3.05) is 5.32 Å². The van der Waals surface area contributed by atoms with Crippen molar-refractivity contribution < 1.29 is 9.90 Å². The van der Waals surface area contributed by atoms with E-state index in [-0.39, 0.29) is 23.5 Å². The summed E-state index contributed by atoms with van der Waals surface area (Å²) in [5.41, 5.74) is 1.99. The predicted octanol–water partition coefficient (Wildman–Crippen LogP) is 3.49. The van der Waals surface area contributed by atoms with Crippen LogP contribution in [0.5, 0.6) is 5.75 Å². The van der Waals surface area contributed by atoms with E-state index in [1.807, 2.05) is 44.2 Å². The highest BCUT2D eigenvalue weighted by Gasteiger charge is 2.42. The van der Waals surface area contributed by atoms with Gasteiger partial charge in [-0.05, 0) is 35.1 Å². The van der Waals surface area contributed by atoms with E-state index >= 15 is 0 Å². The predicted molar refractivity (Wildman–Crippen MR) is 125 cm³/mol. The molecule has 2 aromatic carbocycles. The molecule has 2 aliphatic rings. The molecule has 0 saturated heterocycles. The lowest BCUT2D eigenvalue weighted by molar-refractivity contribution is -0.118. The maximum atomic E-state index is 13.3. The minimum atomic E-state index is -0.633. The third-order valence-corrected chi connectivity index (χ3v) is 6.41. The average Bonchev–Trinajstić information content (AvgIpc) is 2.76. The maximum Gasteiger partial charge on any atom is 0.330 e. The van der Waals surface area contributed by atoms with E-state index in [0.717, 1.165) is 11.3 Å². The van der Waals surface area contributed by atoms with Gasteiger partial charge in [0.1, 0.15) is 11.6 Å². The van der Waals surface area contributed by atoms with Gasteiger partial charge in [-0.3, -0.25) is 19.1 Å². The normalized spacial score (nSPS) is 19.0. The van der Waals surface area contributed by atoms with Crippen molar-refractivity contribution in [3.05, 3.63) is 103 Å². The number of hydrogen-bond acceptors (Lipinski definition) is 5. The third-order valence-electron chi connectivity index (χ3n) is 6.41. The lowest BCUT2D eigenvalue weighted by atomic mass is 9.69. The van der Waals surface area contributed by atoms with Crippen molar-refractivity contribution in [1.82, 2.24) is 9.55 Å². The Labute approximate surface area is 190 Å². The number of aromatic amines is 1. The molecule has 0 fully saturated rings. The second-order valence-electron chi connectivity index (χ2n) is 9.58. The minimum absolute atomic E-state index is 0.0160. The molecule has 0 spiro atoms. The summed E-state index contributed by atoms with van der Waals surface area (Å²) in [5, 5.41) is 13.1. The van der Waals surface area contributed by atoms with Crippen LogP contribution in [0.2, 0.25) is 0 Å². The Kier molecular flexibility index (Phi) is 4.85. The number of carbonyl (C=O) groups is 1. The summed E-state index contributed by atoms with van der Waals surface area (Å²) in [6.07, 6.45) is 0.993. The maximum absolute atomic E-state index is 13.3. The largest absolute Gasteiger partial charge is 0.508 e. The first-order valence-corrected chi connectivity index (χ1v) is 11.0. The lowest BCUT2D eigenvalue weighted by Gasteiger charge is -2.39. The van der Waals surface area contributed by atoms with Gasteiger partial charge in [0, 0.05) is 23.6 Å². The molecule has 0 amide bonds. The summed E-state index contributed by atoms with van der Waals surface area (Å²) < 4.78 is 1.52. The highest BCUT2D eigenvalue weighted by Crippen LogP contribution is 2.47. The Hall–Kier alpha value is -3.87. The topological polar surface area (TPSA) is 104 Å². The first-order chi connectivity index (χ1) is 15.7. The summed E-state index contributed by atoms with van der Waals surface area (Å²) >= 11 is 0. The number of fused-ring (bicyclic) bond motifs is 1. The smallest absolute Gasteiger partial charge is 0.330 e. The molecule has 33 heavy (non-hydrogen) atoms. The highest BCUT2D eigenvalue weighted by atomic mass is 16.3. The molecule has 1 atom stereocenters. The van der Waals surface area contributed by atoms with Crippen LogP contribution in [0.15, 0.2) is 75.5 Å². The number of anilines is 1. The first-order valence-electron chi connectivity index (χ1n) is 11.0. The summed E-state index contributed by atoms with van der Waals surface area (Å²) in [6, 6.07) is 16.1. The zero-order chi connectivity index (χ0) is 23.3. The van der Waals surface area contributed by atoms with Gasteiger partial charge in [0.05, 0.1) is 12.1 Å². The van der Waals surface area contributed by atoms with Crippen LogP contribution in [0, 0.1) is 5.41 Å². The molecule has 168 valence electrons. The number of Topliss-reactive ketones (excluding diaryl/α,β-unsaturated/α-hetero) is 1. The summed E-state index contributed by atoms with van der Waals surface area (Å²) in [4.78, 5) is 41.8. The van der Waals surface area contributed by atoms with E-state index in [0.29, 0.717) is 35.4 Å². The van der Waals surface area contributed by atoms with Gasteiger partial charge in [-0.25, -0.2) is 4.79 Å². The molecule has 1 unspecified atom stereocenters. The first kappa shape index (κ1) is 21.0. The molecule has 5 rings (SSSR count). The van der Waals surface area contributed by atoms with Gasteiger partial charge in [-0.15, -0.1) is 0 Å². The number of rotatable bonds is 3. The summed E-state index contributed by atoms with van der Waals surface area (Å²) in [5.74, 6) is -0.138. The number of benzene rings is 2. The summed E-state index contributed by atoms with van der Waals surface area (Å²) in [6.45, 7) is 4.35. The van der Waals surface area contributed by atoms with Gasteiger partial charge in [-0.1, -0.05) is 56.3 Å². The molecule has 7 nitrogen and oxygen atoms in total. The van der Waals surface area contributed by atoms with Gasteiger partial charge in [-0.2, -0.15) is 0 Å². The van der Waals surface area contributed by atoms with Crippen LogP contribution in [0.1, 0.15) is 49.3 Å². The molecule has 3 N–H and O–H groups in total. The van der Waals surface area contributed by atoms with Gasteiger partial charge in [0.2, 0.25) is 0 Å². The fraction of sp³-hybridized carbons (Fsp3) is 0.269. The van der Waals surface area contributed by atoms with Crippen LogP contribution in [-0.2, 0) is 11.3 Å². The van der Waals surface area contributed by atoms with E-state index in [9.17, 15) is 19.5 Å². The molecule has 0 saturated carbocycles. The standard InChI is InChI=1S/C26H25N3O4/c1-26(2)12-18-21(19(31)13-26)20(16-8-10-17(30)11-9-16)22-23(27-18)29(25(33)28-24(22)32)14-15-6-4-3-5-7-15/h3-11,20,27,30H,12-14H2,1-2H3,(H,28,32,33). The van der Waals surface area contributed by atoms with Crippen LogP contribution in [0.4, 0.5) is 5.82 Å². The monoisotopic (exact) mass is 443 g/mol. The van der Waals surface area contributed by atoms with Gasteiger partial charge in [0.25, 0.3) is 5.56 Å².